The lowest BCUT2D eigenvalue weighted by molar-refractivity contribution is -0.0714. The molecule has 1 aliphatic rings. The molecule has 19 heavy (non-hydrogen) atoms. The third kappa shape index (κ3) is 5.43. The summed E-state index contributed by atoms with van der Waals surface area (Å²) in [5, 5.41) is 3.50. The molecule has 1 rings (SSSR count). The third-order valence-electron chi connectivity index (χ3n) is 4.71. The fourth-order valence-electron chi connectivity index (χ4n) is 3.53. The minimum Gasteiger partial charge on any atom is -0.374 e. The molecule has 0 amide bonds. The van der Waals surface area contributed by atoms with Crippen molar-refractivity contribution in [3.63, 3.8) is 0 Å². The molecule has 1 aliphatic carbocycles. The van der Waals surface area contributed by atoms with Crippen molar-refractivity contribution in [1.29, 1.82) is 0 Å². The van der Waals surface area contributed by atoms with E-state index in [1.54, 1.807) is 0 Å². The summed E-state index contributed by atoms with van der Waals surface area (Å²) < 4.78 is 6.35. The maximum atomic E-state index is 6.35. The van der Waals surface area contributed by atoms with Crippen LogP contribution in [0.2, 0.25) is 0 Å². The summed E-state index contributed by atoms with van der Waals surface area (Å²) in [4.78, 5) is 0. The highest BCUT2D eigenvalue weighted by Crippen LogP contribution is 2.37. The van der Waals surface area contributed by atoms with Gasteiger partial charge in [0.15, 0.2) is 0 Å². The standard InChI is InChI=1S/C17H35NO/c1-6-7-8-9-11-14(2)19-15-12-10-13-17(3,4)16(15)18-5/h14-16,18H,6-13H2,1-5H3. The second kappa shape index (κ2) is 8.26. The van der Waals surface area contributed by atoms with Crippen molar-refractivity contribution in [2.24, 2.45) is 5.41 Å². The monoisotopic (exact) mass is 269 g/mol. The second-order valence-electron chi connectivity index (χ2n) is 6.98. The van der Waals surface area contributed by atoms with Gasteiger partial charge in [0.2, 0.25) is 0 Å². The quantitative estimate of drug-likeness (QED) is 0.654. The molecule has 0 aliphatic heterocycles. The van der Waals surface area contributed by atoms with E-state index < -0.39 is 0 Å². The van der Waals surface area contributed by atoms with Crippen LogP contribution in [0.3, 0.4) is 0 Å². The summed E-state index contributed by atoms with van der Waals surface area (Å²) >= 11 is 0. The first kappa shape index (κ1) is 17.0. The van der Waals surface area contributed by atoms with Gasteiger partial charge in [-0.15, -0.1) is 0 Å². The smallest absolute Gasteiger partial charge is 0.0736 e. The molecule has 0 radical (unpaired) electrons. The zero-order valence-electron chi connectivity index (χ0n) is 13.8. The normalized spacial score (nSPS) is 28.3. The molecule has 1 N–H and O–H groups in total. The lowest BCUT2D eigenvalue weighted by Gasteiger charge is -2.44. The van der Waals surface area contributed by atoms with Gasteiger partial charge in [-0.3, -0.25) is 0 Å². The molecule has 114 valence electrons. The lowest BCUT2D eigenvalue weighted by atomic mass is 9.72. The van der Waals surface area contributed by atoms with Crippen LogP contribution in [0, 0.1) is 5.41 Å². The predicted octanol–water partition coefficient (Wildman–Crippen LogP) is 4.53. The van der Waals surface area contributed by atoms with Crippen LogP contribution in [-0.2, 0) is 4.74 Å². The number of hydrogen-bond acceptors (Lipinski definition) is 2. The Morgan fingerprint density at radius 2 is 2.00 bits per heavy atom. The van der Waals surface area contributed by atoms with Gasteiger partial charge in [-0.1, -0.05) is 52.9 Å². The SMILES string of the molecule is CCCCCCC(C)OC1CCCC(C)(C)C1NC. The highest BCUT2D eigenvalue weighted by atomic mass is 16.5. The average Bonchev–Trinajstić information content (AvgIpc) is 2.34. The highest BCUT2D eigenvalue weighted by molar-refractivity contribution is 4.93. The van der Waals surface area contributed by atoms with E-state index in [1.165, 1.54) is 51.4 Å². The largest absolute Gasteiger partial charge is 0.374 e. The van der Waals surface area contributed by atoms with E-state index in [0.717, 1.165) is 0 Å². The molecule has 1 fully saturated rings. The van der Waals surface area contributed by atoms with E-state index >= 15 is 0 Å². The molecular formula is C17H35NO. The Kier molecular flexibility index (Phi) is 7.38. The number of likely N-dealkylation sites (N-methyl/N-ethyl adjacent to an activating group) is 1. The summed E-state index contributed by atoms with van der Waals surface area (Å²) in [6.45, 7) is 9.26. The van der Waals surface area contributed by atoms with Crippen LogP contribution in [0.25, 0.3) is 0 Å². The van der Waals surface area contributed by atoms with Crippen molar-refractivity contribution in [3.8, 4) is 0 Å². The molecule has 0 aromatic heterocycles. The van der Waals surface area contributed by atoms with Crippen LogP contribution in [0.1, 0.15) is 79.1 Å². The molecule has 2 nitrogen and oxygen atoms in total. The van der Waals surface area contributed by atoms with Crippen LogP contribution < -0.4 is 5.32 Å². The van der Waals surface area contributed by atoms with E-state index in [9.17, 15) is 0 Å². The van der Waals surface area contributed by atoms with Crippen molar-refractivity contribution in [2.75, 3.05) is 7.05 Å². The first-order chi connectivity index (χ1) is 9.01. The number of rotatable bonds is 8. The van der Waals surface area contributed by atoms with Gasteiger partial charge in [0.1, 0.15) is 0 Å². The van der Waals surface area contributed by atoms with Gasteiger partial charge in [-0.2, -0.15) is 0 Å². The number of unbranched alkanes of at least 4 members (excludes halogenated alkanes) is 3. The van der Waals surface area contributed by atoms with Gasteiger partial charge in [-0.25, -0.2) is 0 Å². The summed E-state index contributed by atoms with van der Waals surface area (Å²) in [5.74, 6) is 0. The zero-order chi connectivity index (χ0) is 14.3. The lowest BCUT2D eigenvalue weighted by Crippen LogP contribution is -2.53. The Bertz CT molecular complexity index is 239. The van der Waals surface area contributed by atoms with Crippen molar-refractivity contribution >= 4 is 0 Å². The molecule has 0 saturated heterocycles. The van der Waals surface area contributed by atoms with Crippen molar-refractivity contribution in [3.05, 3.63) is 0 Å². The fourth-order valence-corrected chi connectivity index (χ4v) is 3.53. The third-order valence-corrected chi connectivity index (χ3v) is 4.71. The van der Waals surface area contributed by atoms with Crippen LogP contribution >= 0.6 is 0 Å². The Balaban J connectivity index is 2.37. The zero-order valence-corrected chi connectivity index (χ0v) is 13.8. The fraction of sp³-hybridized carbons (Fsp3) is 1.00. The van der Waals surface area contributed by atoms with E-state index in [2.05, 4.69) is 40.1 Å². The van der Waals surface area contributed by atoms with Gasteiger partial charge in [0.05, 0.1) is 12.2 Å². The van der Waals surface area contributed by atoms with E-state index in [-0.39, 0.29) is 0 Å². The minimum atomic E-state index is 0.361. The molecular weight excluding hydrogens is 234 g/mol. The highest BCUT2D eigenvalue weighted by Gasteiger charge is 2.39. The van der Waals surface area contributed by atoms with Crippen LogP contribution in [-0.4, -0.2) is 25.3 Å². The van der Waals surface area contributed by atoms with E-state index in [1.807, 2.05) is 0 Å². The second-order valence-corrected chi connectivity index (χ2v) is 6.98. The molecule has 3 atom stereocenters. The van der Waals surface area contributed by atoms with E-state index in [0.29, 0.717) is 23.7 Å². The van der Waals surface area contributed by atoms with Crippen LogP contribution in [0.4, 0.5) is 0 Å². The molecule has 0 heterocycles. The van der Waals surface area contributed by atoms with E-state index in [4.69, 9.17) is 4.74 Å². The summed E-state index contributed by atoms with van der Waals surface area (Å²) in [6.07, 6.45) is 11.2. The van der Waals surface area contributed by atoms with Gasteiger partial charge in [0, 0.05) is 6.04 Å². The average molecular weight is 269 g/mol. The Morgan fingerprint density at radius 3 is 2.63 bits per heavy atom. The van der Waals surface area contributed by atoms with Gasteiger partial charge in [-0.05, 0) is 38.6 Å². The van der Waals surface area contributed by atoms with Gasteiger partial charge < -0.3 is 10.1 Å². The maximum absolute atomic E-state index is 6.35. The first-order valence-electron chi connectivity index (χ1n) is 8.34. The molecule has 0 aromatic carbocycles. The molecule has 0 spiro atoms. The van der Waals surface area contributed by atoms with Gasteiger partial charge >= 0.3 is 0 Å². The predicted molar refractivity (Wildman–Crippen MR) is 83.6 cm³/mol. The summed E-state index contributed by atoms with van der Waals surface area (Å²) in [5.41, 5.74) is 0.361. The molecule has 2 heteroatoms. The molecule has 1 saturated carbocycles. The Morgan fingerprint density at radius 1 is 1.26 bits per heavy atom. The van der Waals surface area contributed by atoms with Crippen LogP contribution in [0.5, 0.6) is 0 Å². The molecule has 3 unspecified atom stereocenters. The molecule has 0 aromatic rings. The first-order valence-corrected chi connectivity index (χ1v) is 8.34. The number of hydrogen-bond donors (Lipinski definition) is 1. The van der Waals surface area contributed by atoms with Gasteiger partial charge in [0.25, 0.3) is 0 Å². The summed E-state index contributed by atoms with van der Waals surface area (Å²) in [6, 6.07) is 0.499. The maximum Gasteiger partial charge on any atom is 0.0736 e. The summed E-state index contributed by atoms with van der Waals surface area (Å²) in [7, 11) is 2.08. The van der Waals surface area contributed by atoms with Crippen molar-refractivity contribution in [2.45, 2.75) is 97.3 Å². The van der Waals surface area contributed by atoms with Crippen molar-refractivity contribution in [1.82, 2.24) is 5.32 Å². The number of ether oxygens (including phenoxy) is 1. The van der Waals surface area contributed by atoms with Crippen molar-refractivity contribution < 1.29 is 4.74 Å². The minimum absolute atomic E-state index is 0.361. The topological polar surface area (TPSA) is 21.3 Å². The Labute approximate surface area is 120 Å². The Hall–Kier alpha value is -0.0800. The molecule has 0 bridgehead atoms. The number of nitrogens with one attached hydrogen (secondary N) is 1. The van der Waals surface area contributed by atoms with Crippen LogP contribution in [0.15, 0.2) is 0 Å².